The average molecular weight is 248 g/mol. The Labute approximate surface area is 109 Å². The first-order chi connectivity index (χ1) is 8.77. The van der Waals surface area contributed by atoms with Crippen molar-refractivity contribution >= 4 is 0 Å². The third-order valence-corrected chi connectivity index (χ3v) is 2.34. The smallest absolute Gasteiger partial charge is 0.119 e. The Morgan fingerprint density at radius 2 is 2.06 bits per heavy atom. The summed E-state index contributed by atoms with van der Waals surface area (Å²) in [7, 11) is 0. The number of ether oxygens (including phenoxy) is 2. The van der Waals surface area contributed by atoms with E-state index in [4.69, 9.17) is 14.6 Å². The fraction of sp³-hybridized carbons (Fsp3) is 0.467. The fourth-order valence-corrected chi connectivity index (χ4v) is 1.47. The molecule has 0 atom stereocenters. The highest BCUT2D eigenvalue weighted by molar-refractivity contribution is 5.44. The quantitative estimate of drug-likeness (QED) is 0.619. The Morgan fingerprint density at radius 1 is 1.22 bits per heavy atom. The fourth-order valence-electron chi connectivity index (χ4n) is 1.47. The van der Waals surface area contributed by atoms with Crippen molar-refractivity contribution in [2.24, 2.45) is 0 Å². The van der Waals surface area contributed by atoms with Gasteiger partial charge >= 0.3 is 0 Å². The molecule has 0 aliphatic carbocycles. The average Bonchev–Trinajstić information content (AvgIpc) is 2.37. The van der Waals surface area contributed by atoms with Gasteiger partial charge < -0.3 is 14.6 Å². The van der Waals surface area contributed by atoms with Crippen molar-refractivity contribution in [3.63, 3.8) is 0 Å². The molecule has 0 heterocycles. The Kier molecular flexibility index (Phi) is 6.93. The molecule has 98 valence electrons. The molecule has 1 rings (SSSR count). The molecule has 1 aromatic carbocycles. The number of aliphatic hydroxyl groups excluding tert-OH is 1. The molecule has 0 spiro atoms. The van der Waals surface area contributed by atoms with Gasteiger partial charge in [0.2, 0.25) is 0 Å². The van der Waals surface area contributed by atoms with Gasteiger partial charge in [-0.3, -0.25) is 0 Å². The molecule has 3 heteroatoms. The van der Waals surface area contributed by atoms with Crippen LogP contribution in [0, 0.1) is 18.8 Å². The highest BCUT2D eigenvalue weighted by Gasteiger charge is 1.98. The van der Waals surface area contributed by atoms with Crippen LogP contribution in [0.4, 0.5) is 0 Å². The molecule has 0 bridgehead atoms. The zero-order valence-electron chi connectivity index (χ0n) is 11.0. The van der Waals surface area contributed by atoms with E-state index in [0.717, 1.165) is 29.9 Å². The lowest BCUT2D eigenvalue weighted by atomic mass is 10.1. The number of aryl methyl sites for hydroxylation is 1. The van der Waals surface area contributed by atoms with Crippen LogP contribution in [-0.2, 0) is 4.74 Å². The summed E-state index contributed by atoms with van der Waals surface area (Å²) in [5.41, 5.74) is 1.96. The second kappa shape index (κ2) is 8.57. The summed E-state index contributed by atoms with van der Waals surface area (Å²) >= 11 is 0. The first kappa shape index (κ1) is 14.6. The van der Waals surface area contributed by atoms with E-state index in [1.54, 1.807) is 0 Å². The third kappa shape index (κ3) is 5.22. The van der Waals surface area contributed by atoms with Gasteiger partial charge in [0.1, 0.15) is 19.0 Å². The van der Waals surface area contributed by atoms with Gasteiger partial charge in [0.25, 0.3) is 0 Å². The predicted molar refractivity (Wildman–Crippen MR) is 71.7 cm³/mol. The van der Waals surface area contributed by atoms with Gasteiger partial charge in [-0.2, -0.15) is 0 Å². The summed E-state index contributed by atoms with van der Waals surface area (Å²) in [6, 6.07) is 5.73. The van der Waals surface area contributed by atoms with Crippen molar-refractivity contribution in [3.05, 3.63) is 29.3 Å². The SMILES string of the molecule is CCCOCCOc1ccc(C#CCO)c(C)c1. The van der Waals surface area contributed by atoms with Gasteiger partial charge in [-0.15, -0.1) is 0 Å². The number of hydrogen-bond donors (Lipinski definition) is 1. The van der Waals surface area contributed by atoms with Crippen LogP contribution in [0.2, 0.25) is 0 Å². The van der Waals surface area contributed by atoms with Crippen LogP contribution in [0.5, 0.6) is 5.75 Å². The summed E-state index contributed by atoms with van der Waals surface area (Å²) in [5.74, 6) is 6.35. The van der Waals surface area contributed by atoms with Gasteiger partial charge in [-0.05, 0) is 37.1 Å². The summed E-state index contributed by atoms with van der Waals surface area (Å²) in [6.07, 6.45) is 1.03. The lowest BCUT2D eigenvalue weighted by Gasteiger charge is -2.08. The van der Waals surface area contributed by atoms with Crippen LogP contribution >= 0.6 is 0 Å². The molecule has 18 heavy (non-hydrogen) atoms. The van der Waals surface area contributed by atoms with E-state index >= 15 is 0 Å². The van der Waals surface area contributed by atoms with Crippen molar-refractivity contribution < 1.29 is 14.6 Å². The number of benzene rings is 1. The topological polar surface area (TPSA) is 38.7 Å². The first-order valence-corrected chi connectivity index (χ1v) is 6.19. The largest absolute Gasteiger partial charge is 0.491 e. The molecule has 0 aliphatic heterocycles. The second-order valence-corrected chi connectivity index (χ2v) is 3.90. The summed E-state index contributed by atoms with van der Waals surface area (Å²) in [4.78, 5) is 0. The molecule has 0 radical (unpaired) electrons. The van der Waals surface area contributed by atoms with E-state index in [-0.39, 0.29) is 6.61 Å². The van der Waals surface area contributed by atoms with Gasteiger partial charge in [-0.25, -0.2) is 0 Å². The Balaban J connectivity index is 2.46. The Bertz CT molecular complexity index is 415. The van der Waals surface area contributed by atoms with E-state index in [2.05, 4.69) is 18.8 Å². The van der Waals surface area contributed by atoms with Gasteiger partial charge in [0.15, 0.2) is 0 Å². The molecular weight excluding hydrogens is 228 g/mol. The third-order valence-electron chi connectivity index (χ3n) is 2.34. The lowest BCUT2D eigenvalue weighted by molar-refractivity contribution is 0.101. The molecule has 0 saturated carbocycles. The number of hydrogen-bond acceptors (Lipinski definition) is 3. The maximum atomic E-state index is 8.65. The molecule has 0 unspecified atom stereocenters. The van der Waals surface area contributed by atoms with Gasteiger partial charge in [0.05, 0.1) is 6.61 Å². The monoisotopic (exact) mass is 248 g/mol. The molecule has 0 aliphatic rings. The lowest BCUT2D eigenvalue weighted by Crippen LogP contribution is -2.07. The van der Waals surface area contributed by atoms with E-state index < -0.39 is 0 Å². The van der Waals surface area contributed by atoms with Crippen molar-refractivity contribution in [2.75, 3.05) is 26.4 Å². The molecule has 3 nitrogen and oxygen atoms in total. The summed E-state index contributed by atoms with van der Waals surface area (Å²) in [5, 5.41) is 8.65. The Hall–Kier alpha value is -1.50. The van der Waals surface area contributed by atoms with Crippen molar-refractivity contribution in [2.45, 2.75) is 20.3 Å². The summed E-state index contributed by atoms with van der Waals surface area (Å²) < 4.78 is 10.9. The molecule has 1 aromatic rings. The minimum atomic E-state index is -0.119. The molecule has 0 saturated heterocycles. The zero-order valence-corrected chi connectivity index (χ0v) is 11.0. The van der Waals surface area contributed by atoms with E-state index in [9.17, 15) is 0 Å². The molecule has 1 N–H and O–H groups in total. The molecular formula is C15H20O3. The minimum absolute atomic E-state index is 0.119. The highest BCUT2D eigenvalue weighted by atomic mass is 16.5. The maximum Gasteiger partial charge on any atom is 0.119 e. The number of aliphatic hydroxyl groups is 1. The van der Waals surface area contributed by atoms with Crippen LogP contribution < -0.4 is 4.74 Å². The van der Waals surface area contributed by atoms with Crippen molar-refractivity contribution in [3.8, 4) is 17.6 Å². The second-order valence-electron chi connectivity index (χ2n) is 3.90. The van der Waals surface area contributed by atoms with Crippen LogP contribution in [0.25, 0.3) is 0 Å². The molecule has 0 fully saturated rings. The zero-order chi connectivity index (χ0) is 13.2. The molecule has 0 aromatic heterocycles. The number of rotatable bonds is 6. The van der Waals surface area contributed by atoms with E-state index in [0.29, 0.717) is 13.2 Å². The van der Waals surface area contributed by atoms with Gasteiger partial charge in [0, 0.05) is 12.2 Å². The van der Waals surface area contributed by atoms with Crippen molar-refractivity contribution in [1.29, 1.82) is 0 Å². The first-order valence-electron chi connectivity index (χ1n) is 6.19. The Morgan fingerprint density at radius 3 is 2.72 bits per heavy atom. The summed E-state index contributed by atoms with van der Waals surface area (Å²) in [6.45, 7) is 5.88. The van der Waals surface area contributed by atoms with E-state index in [1.807, 2.05) is 25.1 Å². The van der Waals surface area contributed by atoms with E-state index in [1.165, 1.54) is 0 Å². The van der Waals surface area contributed by atoms with Crippen LogP contribution in [0.3, 0.4) is 0 Å². The molecule has 0 amide bonds. The standard InChI is InChI=1S/C15H20O3/c1-3-9-17-10-11-18-15-7-6-14(5-4-8-16)13(2)12-15/h6-7,12,16H,3,8-11H2,1-2H3. The van der Waals surface area contributed by atoms with Crippen LogP contribution in [0.1, 0.15) is 24.5 Å². The van der Waals surface area contributed by atoms with Crippen LogP contribution in [-0.4, -0.2) is 31.5 Å². The van der Waals surface area contributed by atoms with Gasteiger partial charge in [-0.1, -0.05) is 18.8 Å². The normalized spacial score (nSPS) is 9.72. The minimum Gasteiger partial charge on any atom is -0.491 e. The van der Waals surface area contributed by atoms with Crippen LogP contribution in [0.15, 0.2) is 18.2 Å². The van der Waals surface area contributed by atoms with Crippen molar-refractivity contribution in [1.82, 2.24) is 0 Å². The highest BCUT2D eigenvalue weighted by Crippen LogP contribution is 2.16. The maximum absolute atomic E-state index is 8.65. The predicted octanol–water partition coefficient (Wildman–Crippen LogP) is 2.14.